The third kappa shape index (κ3) is 9.84. The summed E-state index contributed by atoms with van der Waals surface area (Å²) in [5.41, 5.74) is 33.3. The van der Waals surface area contributed by atoms with Gasteiger partial charge >= 0.3 is 29.6 Å². The van der Waals surface area contributed by atoms with E-state index in [4.69, 9.17) is 28.7 Å². The predicted molar refractivity (Wildman–Crippen MR) is 219 cm³/mol. The molecule has 0 aliphatic rings. The molecule has 20 nitrogen and oxygen atoms in total. The van der Waals surface area contributed by atoms with Crippen molar-refractivity contribution >= 4 is 105 Å². The first-order valence-electron chi connectivity index (χ1n) is 16.6. The van der Waals surface area contributed by atoms with Gasteiger partial charge in [-0.15, -0.1) is 20.5 Å². The number of rotatable bonds is 10. The molecular weight excluding hydrogens is 814 g/mol. The van der Waals surface area contributed by atoms with Crippen LogP contribution in [0.5, 0.6) is 5.75 Å². The molecule has 0 bridgehead atoms. The molecule has 0 aliphatic heterocycles. The second-order valence-electron chi connectivity index (χ2n) is 12.6. The van der Waals surface area contributed by atoms with E-state index in [2.05, 4.69) is 40.9 Å². The number of azo groups is 4. The molecule has 0 spiro atoms. The Hall–Kier alpha value is -6.40. The molecule has 0 heterocycles. The topological polar surface area (TPSA) is 358 Å². The van der Waals surface area contributed by atoms with Crippen molar-refractivity contribution in [2.24, 2.45) is 40.9 Å². The Morgan fingerprint density at radius 2 is 0.814 bits per heavy atom. The van der Waals surface area contributed by atoms with E-state index < -0.39 is 52.8 Å². The van der Waals surface area contributed by atoms with Crippen LogP contribution >= 0.6 is 0 Å². The fourth-order valence-corrected chi connectivity index (χ4v) is 6.67. The fraction of sp³-hybridized carbons (Fsp3) is 0.0556. The molecule has 0 radical (unpaired) electrons. The third-order valence-corrected chi connectivity index (χ3v) is 10.2. The van der Waals surface area contributed by atoms with E-state index in [1.165, 1.54) is 48.5 Å². The zero-order valence-electron chi connectivity index (χ0n) is 31.3. The van der Waals surface area contributed by atoms with E-state index in [9.17, 15) is 31.0 Å². The van der Waals surface area contributed by atoms with Gasteiger partial charge in [0.15, 0.2) is 5.75 Å². The molecule has 296 valence electrons. The average molecular weight is 847 g/mol. The largest absolute Gasteiger partial charge is 1.00 e. The van der Waals surface area contributed by atoms with Gasteiger partial charge in [0.2, 0.25) is 0 Å². The molecule has 13 N–H and O–H groups in total. The standard InChI is InChI=1S/C36H33N13O7S2.Na/c1-17-11-28(26(39)15-24(17)37)46-42-20-3-7-22(8-4-20)44-48-34-30(57(51,52)53)13-19-14-31(58(54,55)56)35(36(50)32(19)33(34)41)49-45-23-9-5-21(6-10-23)43-47-29-12-18(2)25(38)16-27(29)40;/h3-16,50H,37-41H2,1-2H3,(H,51,52,53)(H,54,55,56);/q;+1. The van der Waals surface area contributed by atoms with E-state index in [-0.39, 0.29) is 51.7 Å². The molecule has 6 aromatic carbocycles. The van der Waals surface area contributed by atoms with Crippen LogP contribution in [0.4, 0.5) is 73.9 Å². The van der Waals surface area contributed by atoms with Crippen LogP contribution < -0.4 is 58.2 Å². The van der Waals surface area contributed by atoms with Crippen molar-refractivity contribution in [2.45, 2.75) is 23.6 Å². The van der Waals surface area contributed by atoms with Gasteiger partial charge in [-0.3, -0.25) is 9.11 Å². The molecule has 0 saturated carbocycles. The normalized spacial score (nSPS) is 12.3. The SMILES string of the molecule is Cc1cc(N=Nc2ccc(N=Nc3c(S(=O)(=O)O)cc4cc(S(=O)(=O)O)c(N=Nc5ccc(N=Nc6cc(C)c(N)cc6N)cc5)c(O)c4c3N)cc2)c(N)cc1N.[Na+]. The van der Waals surface area contributed by atoms with Crippen molar-refractivity contribution in [2.75, 3.05) is 28.7 Å². The fourth-order valence-electron chi connectivity index (χ4n) is 5.34. The smallest absolute Gasteiger partial charge is 0.505 e. The number of fused-ring (bicyclic) bond motifs is 1. The molecule has 0 saturated heterocycles. The second kappa shape index (κ2) is 17.2. The summed E-state index contributed by atoms with van der Waals surface area (Å²) >= 11 is 0. The van der Waals surface area contributed by atoms with Gasteiger partial charge in [-0.25, -0.2) is 0 Å². The Morgan fingerprint density at radius 3 is 1.19 bits per heavy atom. The van der Waals surface area contributed by atoms with Crippen molar-refractivity contribution in [3.05, 3.63) is 96.1 Å². The summed E-state index contributed by atoms with van der Waals surface area (Å²) in [7, 11) is -10.2. The van der Waals surface area contributed by atoms with Crippen LogP contribution in [0.3, 0.4) is 0 Å². The van der Waals surface area contributed by atoms with E-state index in [0.717, 1.165) is 23.3 Å². The van der Waals surface area contributed by atoms with Crippen LogP contribution in [0, 0.1) is 13.8 Å². The minimum absolute atomic E-state index is 0. The summed E-state index contributed by atoms with van der Waals surface area (Å²) in [6.07, 6.45) is 0. The maximum atomic E-state index is 12.5. The maximum absolute atomic E-state index is 12.5. The monoisotopic (exact) mass is 846 g/mol. The summed E-state index contributed by atoms with van der Waals surface area (Å²) in [5, 5.41) is 43.1. The first kappa shape index (κ1) is 43.7. The van der Waals surface area contributed by atoms with Crippen molar-refractivity contribution in [1.82, 2.24) is 0 Å². The molecule has 6 aromatic rings. The molecule has 6 rings (SSSR count). The van der Waals surface area contributed by atoms with Crippen molar-refractivity contribution in [1.29, 1.82) is 0 Å². The van der Waals surface area contributed by atoms with Crippen LogP contribution in [0.25, 0.3) is 10.8 Å². The molecule has 59 heavy (non-hydrogen) atoms. The molecule has 0 amide bonds. The number of benzene rings is 6. The van der Waals surface area contributed by atoms with Crippen molar-refractivity contribution in [3.8, 4) is 5.75 Å². The quantitative estimate of drug-likeness (QED) is 0.0329. The Kier molecular flexibility index (Phi) is 12.8. The van der Waals surface area contributed by atoms with Crippen molar-refractivity contribution < 1.29 is 60.6 Å². The molecule has 23 heteroatoms. The van der Waals surface area contributed by atoms with Crippen LogP contribution in [0.1, 0.15) is 11.1 Å². The van der Waals surface area contributed by atoms with Crippen LogP contribution in [0.2, 0.25) is 0 Å². The predicted octanol–water partition coefficient (Wildman–Crippen LogP) is 6.23. The van der Waals surface area contributed by atoms with Gasteiger partial charge in [-0.1, -0.05) is 0 Å². The number of aryl methyl sites for hydroxylation is 2. The average Bonchev–Trinajstić information content (AvgIpc) is 3.15. The number of hydrogen-bond donors (Lipinski definition) is 8. The Balaban J connectivity index is 0.00000661. The minimum atomic E-state index is -5.13. The number of hydrogen-bond acceptors (Lipinski definition) is 18. The van der Waals surface area contributed by atoms with Gasteiger partial charge in [0.25, 0.3) is 20.2 Å². The molecule has 0 fully saturated rings. The molecule has 0 atom stereocenters. The van der Waals surface area contributed by atoms with Crippen LogP contribution in [-0.4, -0.2) is 31.0 Å². The zero-order chi connectivity index (χ0) is 42.1. The number of aromatic hydroxyl groups is 1. The summed E-state index contributed by atoms with van der Waals surface area (Å²) in [6.45, 7) is 3.59. The molecule has 0 aliphatic carbocycles. The zero-order valence-corrected chi connectivity index (χ0v) is 35.0. The van der Waals surface area contributed by atoms with Gasteiger partial charge < -0.3 is 33.8 Å². The van der Waals surface area contributed by atoms with E-state index in [0.29, 0.717) is 45.5 Å². The summed E-state index contributed by atoms with van der Waals surface area (Å²) in [4.78, 5) is -1.84. The minimum Gasteiger partial charge on any atom is -0.505 e. The van der Waals surface area contributed by atoms with Gasteiger partial charge in [0.05, 0.1) is 45.2 Å². The van der Waals surface area contributed by atoms with Crippen molar-refractivity contribution in [3.63, 3.8) is 0 Å². The van der Waals surface area contributed by atoms with Gasteiger partial charge in [-0.05, 0) is 115 Å². The van der Waals surface area contributed by atoms with Crippen LogP contribution in [0.15, 0.2) is 136 Å². The van der Waals surface area contributed by atoms with E-state index in [1.54, 1.807) is 38.1 Å². The maximum Gasteiger partial charge on any atom is 1.00 e. The molecule has 0 aromatic heterocycles. The van der Waals surface area contributed by atoms with E-state index >= 15 is 0 Å². The Morgan fingerprint density at radius 1 is 0.475 bits per heavy atom. The second-order valence-corrected chi connectivity index (χ2v) is 15.4. The number of phenols is 1. The first-order chi connectivity index (χ1) is 27.3. The number of nitrogen functional groups attached to an aromatic ring is 5. The summed E-state index contributed by atoms with van der Waals surface area (Å²) in [6, 6.07) is 20.1. The number of nitrogens with two attached hydrogens (primary N) is 5. The number of phenolic OH excluding ortho intramolecular Hbond substituents is 1. The molecular formula is C36H33N13NaO7S2+. The van der Waals surface area contributed by atoms with Crippen LogP contribution in [-0.2, 0) is 20.2 Å². The number of nitrogens with zero attached hydrogens (tertiary/aromatic N) is 8. The molecule has 0 unspecified atom stereocenters. The summed E-state index contributed by atoms with van der Waals surface area (Å²) < 4.78 is 70.1. The summed E-state index contributed by atoms with van der Waals surface area (Å²) in [5.74, 6) is -0.918. The van der Waals surface area contributed by atoms with Gasteiger partial charge in [-0.2, -0.15) is 37.3 Å². The van der Waals surface area contributed by atoms with Gasteiger partial charge in [0.1, 0.15) is 32.5 Å². The van der Waals surface area contributed by atoms with E-state index in [1.807, 2.05) is 0 Å². The van der Waals surface area contributed by atoms with Gasteiger partial charge in [0, 0.05) is 11.4 Å². The first-order valence-corrected chi connectivity index (χ1v) is 19.4. The third-order valence-electron chi connectivity index (χ3n) is 8.48. The Bertz CT molecular complexity index is 2780. The Labute approximate surface area is 358 Å². The number of anilines is 5.